The number of hydrogen-bond donors (Lipinski definition) is 2. The third-order valence-electron chi connectivity index (χ3n) is 2.42. The first-order valence-electron chi connectivity index (χ1n) is 5.58. The fourth-order valence-electron chi connectivity index (χ4n) is 1.04. The SMILES string of the molecule is COC(=O)CCCS(=O)(=O)NCC(N)C(C)C. The topological polar surface area (TPSA) is 98.5 Å². The molecule has 0 saturated carbocycles. The van der Waals surface area contributed by atoms with Gasteiger partial charge in [0, 0.05) is 19.0 Å². The molecular weight excluding hydrogens is 244 g/mol. The molecule has 3 N–H and O–H groups in total. The van der Waals surface area contributed by atoms with E-state index < -0.39 is 16.0 Å². The molecule has 0 aromatic rings. The molecule has 1 atom stereocenters. The molecule has 0 heterocycles. The maximum absolute atomic E-state index is 11.5. The minimum atomic E-state index is -3.35. The van der Waals surface area contributed by atoms with Crippen LogP contribution in [0.5, 0.6) is 0 Å². The molecule has 0 rings (SSSR count). The second-order valence-electron chi connectivity index (χ2n) is 4.25. The van der Waals surface area contributed by atoms with Crippen molar-refractivity contribution in [2.75, 3.05) is 19.4 Å². The number of nitrogens with one attached hydrogen (secondary N) is 1. The molecule has 0 aromatic carbocycles. The maximum Gasteiger partial charge on any atom is 0.305 e. The van der Waals surface area contributed by atoms with Crippen LogP contribution in [0.4, 0.5) is 0 Å². The summed E-state index contributed by atoms with van der Waals surface area (Å²) in [4.78, 5) is 10.8. The Kier molecular flexibility index (Phi) is 7.33. The van der Waals surface area contributed by atoms with E-state index in [9.17, 15) is 13.2 Å². The van der Waals surface area contributed by atoms with Crippen LogP contribution < -0.4 is 10.5 Å². The molecule has 0 aliphatic carbocycles. The van der Waals surface area contributed by atoms with Gasteiger partial charge in [-0.2, -0.15) is 0 Å². The van der Waals surface area contributed by atoms with Crippen molar-refractivity contribution < 1.29 is 17.9 Å². The van der Waals surface area contributed by atoms with Crippen LogP contribution in [0.1, 0.15) is 26.7 Å². The predicted molar refractivity (Wildman–Crippen MR) is 65.9 cm³/mol. The van der Waals surface area contributed by atoms with Crippen LogP contribution in [0.3, 0.4) is 0 Å². The molecule has 1 unspecified atom stereocenters. The van der Waals surface area contributed by atoms with Crippen LogP contribution in [0.15, 0.2) is 0 Å². The van der Waals surface area contributed by atoms with Crippen LogP contribution in [0.2, 0.25) is 0 Å². The highest BCUT2D eigenvalue weighted by Crippen LogP contribution is 1.99. The first kappa shape index (κ1) is 16.3. The predicted octanol–water partition coefficient (Wildman–Crippen LogP) is -0.158. The molecule has 17 heavy (non-hydrogen) atoms. The summed E-state index contributed by atoms with van der Waals surface area (Å²) in [6, 6.07) is -0.203. The smallest absolute Gasteiger partial charge is 0.305 e. The molecule has 0 aliphatic heterocycles. The molecule has 102 valence electrons. The molecule has 0 aromatic heterocycles. The lowest BCUT2D eigenvalue weighted by atomic mass is 10.1. The van der Waals surface area contributed by atoms with E-state index in [1.54, 1.807) is 0 Å². The first-order valence-corrected chi connectivity index (χ1v) is 7.23. The first-order chi connectivity index (χ1) is 7.78. The maximum atomic E-state index is 11.5. The Labute approximate surface area is 103 Å². The highest BCUT2D eigenvalue weighted by molar-refractivity contribution is 7.89. The van der Waals surface area contributed by atoms with Crippen molar-refractivity contribution in [3.63, 3.8) is 0 Å². The zero-order chi connectivity index (χ0) is 13.5. The van der Waals surface area contributed by atoms with Crippen LogP contribution in [0, 0.1) is 5.92 Å². The van der Waals surface area contributed by atoms with Gasteiger partial charge in [-0.15, -0.1) is 0 Å². The van der Waals surface area contributed by atoms with Crippen molar-refractivity contribution in [2.45, 2.75) is 32.7 Å². The van der Waals surface area contributed by atoms with Crippen LogP contribution in [0.25, 0.3) is 0 Å². The van der Waals surface area contributed by atoms with Gasteiger partial charge in [-0.3, -0.25) is 4.79 Å². The Morgan fingerprint density at radius 3 is 2.47 bits per heavy atom. The molecule has 7 heteroatoms. The number of nitrogens with two attached hydrogens (primary N) is 1. The van der Waals surface area contributed by atoms with Crippen LogP contribution in [-0.2, 0) is 19.6 Å². The van der Waals surface area contributed by atoms with Crippen molar-refractivity contribution in [1.82, 2.24) is 4.72 Å². The summed E-state index contributed by atoms with van der Waals surface area (Å²) in [5.41, 5.74) is 5.72. The standard InChI is InChI=1S/C10H22N2O4S/c1-8(2)9(11)7-12-17(14,15)6-4-5-10(13)16-3/h8-9,12H,4-7,11H2,1-3H3. The van der Waals surface area contributed by atoms with Gasteiger partial charge in [-0.25, -0.2) is 13.1 Å². The van der Waals surface area contributed by atoms with Gasteiger partial charge >= 0.3 is 5.97 Å². The highest BCUT2D eigenvalue weighted by Gasteiger charge is 2.14. The average molecular weight is 266 g/mol. The molecule has 0 aliphatic rings. The number of sulfonamides is 1. The third kappa shape index (κ3) is 8.12. The number of esters is 1. The van der Waals surface area contributed by atoms with E-state index in [0.717, 1.165) is 0 Å². The zero-order valence-electron chi connectivity index (χ0n) is 10.6. The fraction of sp³-hybridized carbons (Fsp3) is 0.900. The lowest BCUT2D eigenvalue weighted by Crippen LogP contribution is -2.41. The number of carbonyl (C=O) groups is 1. The van der Waals surface area contributed by atoms with E-state index in [2.05, 4.69) is 9.46 Å². The van der Waals surface area contributed by atoms with Crippen molar-refractivity contribution in [2.24, 2.45) is 11.7 Å². The Morgan fingerprint density at radius 2 is 2.00 bits per heavy atom. The van der Waals surface area contributed by atoms with E-state index in [-0.39, 0.29) is 37.1 Å². The Hall–Kier alpha value is -0.660. The number of methoxy groups -OCH3 is 1. The number of hydrogen-bond acceptors (Lipinski definition) is 5. The fourth-order valence-corrected chi connectivity index (χ4v) is 2.15. The van der Waals surface area contributed by atoms with Crippen molar-refractivity contribution >= 4 is 16.0 Å². The second-order valence-corrected chi connectivity index (χ2v) is 6.18. The molecule has 0 fully saturated rings. The normalized spacial score (nSPS) is 13.7. The van der Waals surface area contributed by atoms with Gasteiger partial charge < -0.3 is 10.5 Å². The summed E-state index contributed by atoms with van der Waals surface area (Å²) >= 11 is 0. The minimum Gasteiger partial charge on any atom is -0.469 e. The van der Waals surface area contributed by atoms with Crippen molar-refractivity contribution in [1.29, 1.82) is 0 Å². The van der Waals surface area contributed by atoms with E-state index in [1.807, 2.05) is 13.8 Å². The Morgan fingerprint density at radius 1 is 1.41 bits per heavy atom. The van der Waals surface area contributed by atoms with Crippen LogP contribution >= 0.6 is 0 Å². The lowest BCUT2D eigenvalue weighted by Gasteiger charge is -2.16. The average Bonchev–Trinajstić information content (AvgIpc) is 2.25. The van der Waals surface area contributed by atoms with Crippen molar-refractivity contribution in [3.05, 3.63) is 0 Å². The van der Waals surface area contributed by atoms with Gasteiger partial charge in [0.2, 0.25) is 10.0 Å². The second kappa shape index (κ2) is 7.62. The minimum absolute atomic E-state index is 0.0904. The van der Waals surface area contributed by atoms with Gasteiger partial charge in [0.15, 0.2) is 0 Å². The quantitative estimate of drug-likeness (QED) is 0.595. The van der Waals surface area contributed by atoms with Gasteiger partial charge in [0.25, 0.3) is 0 Å². The summed E-state index contributed by atoms with van der Waals surface area (Å²) in [6.45, 7) is 4.07. The number of carbonyl (C=O) groups excluding carboxylic acids is 1. The van der Waals surface area contributed by atoms with Crippen LogP contribution in [-0.4, -0.2) is 39.8 Å². The molecule has 6 nitrogen and oxygen atoms in total. The monoisotopic (exact) mass is 266 g/mol. The number of ether oxygens (including phenoxy) is 1. The summed E-state index contributed by atoms with van der Waals surface area (Å²) in [6.07, 6.45) is 0.354. The summed E-state index contributed by atoms with van der Waals surface area (Å²) in [7, 11) is -2.08. The van der Waals surface area contributed by atoms with E-state index in [4.69, 9.17) is 5.73 Å². The molecule has 0 spiro atoms. The zero-order valence-corrected chi connectivity index (χ0v) is 11.4. The van der Waals surface area contributed by atoms with Gasteiger partial charge in [0.05, 0.1) is 12.9 Å². The Bertz CT molecular complexity index is 327. The molecular formula is C10H22N2O4S. The summed E-state index contributed by atoms with van der Waals surface area (Å²) < 4.78 is 29.9. The van der Waals surface area contributed by atoms with E-state index in [0.29, 0.717) is 0 Å². The number of rotatable bonds is 8. The molecule has 0 amide bonds. The third-order valence-corrected chi connectivity index (χ3v) is 3.85. The largest absolute Gasteiger partial charge is 0.469 e. The molecule has 0 bridgehead atoms. The van der Waals surface area contributed by atoms with E-state index in [1.165, 1.54) is 7.11 Å². The molecule has 0 radical (unpaired) electrons. The van der Waals surface area contributed by atoms with Crippen molar-refractivity contribution in [3.8, 4) is 0 Å². The highest BCUT2D eigenvalue weighted by atomic mass is 32.2. The van der Waals surface area contributed by atoms with Gasteiger partial charge in [-0.05, 0) is 12.3 Å². The van der Waals surface area contributed by atoms with E-state index >= 15 is 0 Å². The lowest BCUT2D eigenvalue weighted by molar-refractivity contribution is -0.140. The summed E-state index contributed by atoms with van der Waals surface area (Å²) in [5.74, 6) is -0.278. The Balaban J connectivity index is 3.93. The van der Waals surface area contributed by atoms with Gasteiger partial charge in [0.1, 0.15) is 0 Å². The van der Waals surface area contributed by atoms with Gasteiger partial charge in [-0.1, -0.05) is 13.8 Å². The summed E-state index contributed by atoms with van der Waals surface area (Å²) in [5, 5.41) is 0. The molecule has 0 saturated heterocycles.